The van der Waals surface area contributed by atoms with Gasteiger partial charge in [-0.3, -0.25) is 9.59 Å². The Balaban J connectivity index is 0.00000529. The van der Waals surface area contributed by atoms with Crippen molar-refractivity contribution in [3.8, 4) is 0 Å². The van der Waals surface area contributed by atoms with Gasteiger partial charge in [-0.2, -0.15) is 0 Å². The van der Waals surface area contributed by atoms with Gasteiger partial charge in [0.2, 0.25) is 0 Å². The fourth-order valence-electron chi connectivity index (χ4n) is 5.99. The summed E-state index contributed by atoms with van der Waals surface area (Å²) in [6, 6.07) is 15.7. The summed E-state index contributed by atoms with van der Waals surface area (Å²) < 4.78 is 28.0. The smallest absolute Gasteiger partial charge is 0.254 e. The molecule has 3 aromatic carbocycles. The molecular formula is C35H44ClF2N3O3. The maximum atomic E-state index is 14.0. The molecule has 1 fully saturated rings. The third-order valence-electron chi connectivity index (χ3n) is 8.26. The van der Waals surface area contributed by atoms with Crippen molar-refractivity contribution in [3.63, 3.8) is 0 Å². The van der Waals surface area contributed by atoms with Crippen LogP contribution in [-0.4, -0.2) is 52.6 Å². The molecule has 9 heteroatoms. The summed E-state index contributed by atoms with van der Waals surface area (Å²) in [5, 5.41) is 17.3. The van der Waals surface area contributed by atoms with Crippen molar-refractivity contribution in [1.29, 1.82) is 0 Å². The van der Waals surface area contributed by atoms with Crippen LogP contribution in [0.1, 0.15) is 83.0 Å². The number of nitrogens with zero attached hydrogens (tertiary/aromatic N) is 1. The molecular weight excluding hydrogens is 584 g/mol. The number of aliphatic hydroxyl groups is 1. The summed E-state index contributed by atoms with van der Waals surface area (Å²) in [5.41, 5.74) is 4.06. The van der Waals surface area contributed by atoms with E-state index in [0.29, 0.717) is 17.7 Å². The van der Waals surface area contributed by atoms with E-state index in [2.05, 4.69) is 29.7 Å². The first-order chi connectivity index (χ1) is 20.5. The monoisotopic (exact) mass is 627 g/mol. The van der Waals surface area contributed by atoms with Gasteiger partial charge in [0, 0.05) is 42.4 Å². The zero-order valence-corrected chi connectivity index (χ0v) is 26.7. The molecule has 0 aromatic heterocycles. The molecule has 0 aliphatic carbocycles. The Morgan fingerprint density at radius 3 is 2.23 bits per heavy atom. The zero-order chi connectivity index (χ0) is 31.1. The number of nitrogens with one attached hydrogen (secondary N) is 2. The van der Waals surface area contributed by atoms with Crippen LogP contribution in [0.15, 0.2) is 60.7 Å². The number of aryl methyl sites for hydroxylation is 2. The molecule has 1 aliphatic heterocycles. The first-order valence-electron chi connectivity index (χ1n) is 15.2. The van der Waals surface area contributed by atoms with Crippen LogP contribution in [0.2, 0.25) is 0 Å². The van der Waals surface area contributed by atoms with E-state index in [1.165, 1.54) is 17.7 Å². The number of piperidine rings is 1. The number of halogens is 3. The molecule has 0 saturated carbocycles. The van der Waals surface area contributed by atoms with E-state index < -0.39 is 29.7 Å². The maximum Gasteiger partial charge on any atom is 0.254 e. The molecule has 3 aromatic rings. The molecule has 0 radical (unpaired) electrons. The Morgan fingerprint density at radius 2 is 1.57 bits per heavy atom. The van der Waals surface area contributed by atoms with Gasteiger partial charge in [-0.15, -0.1) is 12.4 Å². The van der Waals surface area contributed by atoms with Crippen LogP contribution in [-0.2, 0) is 19.4 Å². The Hall–Kier alpha value is -3.33. The Morgan fingerprint density at radius 1 is 0.932 bits per heavy atom. The Labute approximate surface area is 265 Å². The second kappa shape index (κ2) is 16.1. The van der Waals surface area contributed by atoms with Crippen molar-refractivity contribution in [1.82, 2.24) is 15.5 Å². The highest BCUT2D eigenvalue weighted by molar-refractivity contribution is 6.00. The molecule has 1 aliphatic rings. The second-order valence-corrected chi connectivity index (χ2v) is 11.9. The summed E-state index contributed by atoms with van der Waals surface area (Å²) in [6.45, 7) is 8.66. The number of amides is 2. The largest absolute Gasteiger partial charge is 0.390 e. The van der Waals surface area contributed by atoms with Gasteiger partial charge >= 0.3 is 0 Å². The predicted octanol–water partition coefficient (Wildman–Crippen LogP) is 6.15. The Kier molecular flexibility index (Phi) is 12.9. The van der Waals surface area contributed by atoms with E-state index in [1.54, 1.807) is 18.2 Å². The molecule has 4 atom stereocenters. The lowest BCUT2D eigenvalue weighted by atomic mass is 9.95. The van der Waals surface area contributed by atoms with Gasteiger partial charge < -0.3 is 20.6 Å². The van der Waals surface area contributed by atoms with Gasteiger partial charge in [-0.25, -0.2) is 8.78 Å². The van der Waals surface area contributed by atoms with Crippen LogP contribution < -0.4 is 10.6 Å². The highest BCUT2D eigenvalue weighted by Crippen LogP contribution is 2.25. The molecule has 44 heavy (non-hydrogen) atoms. The SMILES string of the molecule is CCc1cccc(CNC[C@@H](O)[C@H](Cc2cc(F)cc(F)c2)NC(=O)c2cc(C)cc(C(=O)N3C(C)CCCC3C)c2)c1.Cl. The number of rotatable bonds is 11. The van der Waals surface area contributed by atoms with Crippen molar-refractivity contribution in [2.45, 2.75) is 90.6 Å². The van der Waals surface area contributed by atoms with Gasteiger partial charge in [0.1, 0.15) is 11.6 Å². The van der Waals surface area contributed by atoms with Crippen molar-refractivity contribution >= 4 is 24.2 Å². The third-order valence-corrected chi connectivity index (χ3v) is 8.26. The van der Waals surface area contributed by atoms with Gasteiger partial charge in [0.05, 0.1) is 12.1 Å². The highest BCUT2D eigenvalue weighted by Gasteiger charge is 2.30. The van der Waals surface area contributed by atoms with Crippen LogP contribution in [0, 0.1) is 18.6 Å². The highest BCUT2D eigenvalue weighted by atomic mass is 35.5. The summed E-state index contributed by atoms with van der Waals surface area (Å²) in [5.74, 6) is -2.05. The summed E-state index contributed by atoms with van der Waals surface area (Å²) in [6.07, 6.45) is 2.81. The second-order valence-electron chi connectivity index (χ2n) is 11.9. The average Bonchev–Trinajstić information content (AvgIpc) is 2.95. The van der Waals surface area contributed by atoms with Gasteiger partial charge in [0.15, 0.2) is 0 Å². The minimum absolute atomic E-state index is 0. The van der Waals surface area contributed by atoms with E-state index in [9.17, 15) is 23.5 Å². The van der Waals surface area contributed by atoms with Crippen molar-refractivity contribution in [2.24, 2.45) is 0 Å². The van der Waals surface area contributed by atoms with Crippen LogP contribution in [0.25, 0.3) is 0 Å². The maximum absolute atomic E-state index is 14.0. The number of benzene rings is 3. The average molecular weight is 628 g/mol. The molecule has 3 N–H and O–H groups in total. The van der Waals surface area contributed by atoms with Crippen LogP contribution in [0.4, 0.5) is 8.78 Å². The number of carbonyl (C=O) groups is 2. The molecule has 238 valence electrons. The molecule has 1 saturated heterocycles. The summed E-state index contributed by atoms with van der Waals surface area (Å²) >= 11 is 0. The van der Waals surface area contributed by atoms with E-state index in [-0.39, 0.29) is 48.9 Å². The van der Waals surface area contributed by atoms with Crippen LogP contribution >= 0.6 is 12.4 Å². The lowest BCUT2D eigenvalue weighted by Crippen LogP contribution is -2.49. The minimum atomic E-state index is -1.06. The van der Waals surface area contributed by atoms with Crippen molar-refractivity contribution in [3.05, 3.63) is 106 Å². The Bertz CT molecular complexity index is 1410. The first-order valence-corrected chi connectivity index (χ1v) is 15.2. The van der Waals surface area contributed by atoms with Crippen molar-refractivity contribution in [2.75, 3.05) is 6.54 Å². The summed E-state index contributed by atoms with van der Waals surface area (Å²) in [7, 11) is 0. The number of hydrogen-bond donors (Lipinski definition) is 3. The quantitative estimate of drug-likeness (QED) is 0.238. The number of aliphatic hydroxyl groups excluding tert-OH is 1. The molecule has 2 unspecified atom stereocenters. The fraction of sp³-hybridized carbons (Fsp3) is 0.429. The molecule has 2 amide bonds. The molecule has 4 rings (SSSR count). The predicted molar refractivity (Wildman–Crippen MR) is 172 cm³/mol. The lowest BCUT2D eigenvalue weighted by Gasteiger charge is -2.39. The zero-order valence-electron chi connectivity index (χ0n) is 25.9. The molecule has 0 bridgehead atoms. The van der Waals surface area contributed by atoms with Gasteiger partial charge in [-0.05, 0) is 105 Å². The molecule has 0 spiro atoms. The first kappa shape index (κ1) is 35.2. The van der Waals surface area contributed by atoms with E-state index >= 15 is 0 Å². The topological polar surface area (TPSA) is 81.7 Å². The number of likely N-dealkylation sites (tertiary alicyclic amines) is 1. The fourth-order valence-corrected chi connectivity index (χ4v) is 5.99. The standard InChI is InChI=1S/C35H43F2N3O3.ClH/c1-5-25-10-7-11-26(14-25)20-38-21-33(41)32(17-27-15-30(36)19-31(37)16-27)39-34(42)28-12-22(2)13-29(18-28)35(43)40-23(3)8-6-9-24(40)4;/h7,10-16,18-19,23-24,32-33,38,41H,5-6,8-9,17,20-21H2,1-4H3,(H,39,42);1H/t23?,24?,32-,33+;/m0./s1. The van der Waals surface area contributed by atoms with Crippen LogP contribution in [0.5, 0.6) is 0 Å². The van der Waals surface area contributed by atoms with E-state index in [0.717, 1.165) is 42.9 Å². The number of hydrogen-bond acceptors (Lipinski definition) is 4. The van der Waals surface area contributed by atoms with Gasteiger partial charge in [0.25, 0.3) is 11.8 Å². The van der Waals surface area contributed by atoms with Gasteiger partial charge in [-0.1, -0.05) is 31.2 Å². The molecule has 1 heterocycles. The van der Waals surface area contributed by atoms with Crippen molar-refractivity contribution < 1.29 is 23.5 Å². The van der Waals surface area contributed by atoms with Crippen LogP contribution in [0.3, 0.4) is 0 Å². The molecule has 6 nitrogen and oxygen atoms in total. The van der Waals surface area contributed by atoms with E-state index in [1.807, 2.05) is 37.8 Å². The van der Waals surface area contributed by atoms with E-state index in [4.69, 9.17) is 0 Å². The lowest BCUT2D eigenvalue weighted by molar-refractivity contribution is 0.0510. The minimum Gasteiger partial charge on any atom is -0.390 e. The normalized spacial score (nSPS) is 17.8. The number of carbonyl (C=O) groups excluding carboxylic acids is 2. The third kappa shape index (κ3) is 9.34. The summed E-state index contributed by atoms with van der Waals surface area (Å²) in [4.78, 5) is 29.0.